The zero-order valence-electron chi connectivity index (χ0n) is 29.5. The molecule has 5 rings (SSSR count). The van der Waals surface area contributed by atoms with E-state index in [-0.39, 0.29) is 64.2 Å². The molecule has 2 aliphatic heterocycles. The highest BCUT2D eigenvalue weighted by molar-refractivity contribution is 7.65. The lowest BCUT2D eigenvalue weighted by Crippen LogP contribution is -2.61. The Bertz CT molecular complexity index is 2040. The molecule has 0 radical (unpaired) electrons. The van der Waals surface area contributed by atoms with Crippen LogP contribution in [0.4, 0.5) is 16.2 Å². The van der Waals surface area contributed by atoms with Gasteiger partial charge in [0.1, 0.15) is 36.4 Å². The van der Waals surface area contributed by atoms with Gasteiger partial charge in [0.25, 0.3) is 11.8 Å². The Morgan fingerprint density at radius 2 is 1.74 bits per heavy atom. The first-order chi connectivity index (χ1) is 27.1. The number of nitrogens with one attached hydrogen (secondary N) is 4. The highest BCUT2D eigenvalue weighted by atomic mass is 35.5. The maximum absolute atomic E-state index is 13.2. The van der Waals surface area contributed by atoms with Crippen molar-refractivity contribution >= 4 is 66.0 Å². The largest absolute Gasteiger partial charge is 0.479 e. The molecule has 2 aromatic carbocycles. The Labute approximate surface area is 333 Å². The van der Waals surface area contributed by atoms with Crippen molar-refractivity contribution < 1.29 is 68.0 Å². The number of ether oxygens (including phenoxy) is 3. The maximum Gasteiger partial charge on any atom is 0.410 e. The van der Waals surface area contributed by atoms with Crippen LogP contribution < -0.4 is 20.5 Å². The molecule has 3 amide bonds. The summed E-state index contributed by atoms with van der Waals surface area (Å²) in [6.07, 6.45) is -3.00. The van der Waals surface area contributed by atoms with Gasteiger partial charge in [0.05, 0.1) is 46.4 Å². The van der Waals surface area contributed by atoms with Gasteiger partial charge in [-0.1, -0.05) is 35.3 Å². The van der Waals surface area contributed by atoms with Gasteiger partial charge in [-0.05, 0) is 42.7 Å². The number of piperidine rings is 1. The average Bonchev–Trinajstić information content (AvgIpc) is 3.65. The lowest BCUT2D eigenvalue weighted by molar-refractivity contribution is -0.271. The fourth-order valence-electron chi connectivity index (χ4n) is 5.72. The van der Waals surface area contributed by atoms with Gasteiger partial charge in [0, 0.05) is 24.8 Å². The van der Waals surface area contributed by atoms with E-state index in [2.05, 4.69) is 25.9 Å². The number of amides is 3. The molecule has 0 spiro atoms. The summed E-state index contributed by atoms with van der Waals surface area (Å²) in [4.78, 5) is 52.0. The summed E-state index contributed by atoms with van der Waals surface area (Å²) in [5, 5.41) is 63.8. The average molecular weight is 856 g/mol. The fraction of sp³-hybridized carbons (Fsp3) is 0.382. The topological polar surface area (TPSA) is 291 Å². The Morgan fingerprint density at radius 1 is 1.04 bits per heavy atom. The number of aliphatic hydroxyl groups is 4. The number of H-pyrrole nitrogens is 1. The highest BCUT2D eigenvalue weighted by Crippen LogP contribution is 2.48. The number of benzene rings is 2. The molecule has 1 aromatic heterocycles. The molecule has 0 bridgehead atoms. The van der Waals surface area contributed by atoms with Crippen LogP contribution in [0, 0.1) is 12.1 Å². The van der Waals surface area contributed by atoms with E-state index in [1.807, 2.05) is 5.66 Å². The van der Waals surface area contributed by atoms with E-state index < -0.39 is 75.3 Å². The standard InChI is InChI=1S/C34H37Cl2N6O14P/c1-2-57(52,54-13-12-43)41-21-14-17(6-7-23(21)55-33-28(46)26(44)27(45)29(56-33)32(49)50)16-53-34(51)42-10-8-18(9-11-42)38-31(48)25-22(15-37-40-25)39-30(47)24-19(35)4-3-5-20(24)36/h1,3-7,14-15,18,26-29,33,43-46H,8-13,16H2,(H,37,40)(H,38,48)(H,39,47)(H,41,52)(H,49,50)/t26-,27-,28?,29?,33+,57?/m0/s1. The molecule has 20 nitrogen and oxygen atoms in total. The van der Waals surface area contributed by atoms with Crippen molar-refractivity contribution in [2.75, 3.05) is 36.7 Å². The summed E-state index contributed by atoms with van der Waals surface area (Å²) in [6.45, 7) is -0.863. The number of halogens is 2. The summed E-state index contributed by atoms with van der Waals surface area (Å²) in [6, 6.07) is 8.21. The quantitative estimate of drug-likeness (QED) is 0.0828. The van der Waals surface area contributed by atoms with Gasteiger partial charge in [-0.2, -0.15) is 5.10 Å². The van der Waals surface area contributed by atoms with Gasteiger partial charge in [-0.25, -0.2) is 9.59 Å². The van der Waals surface area contributed by atoms with Crippen molar-refractivity contribution in [1.29, 1.82) is 0 Å². The first-order valence-electron chi connectivity index (χ1n) is 17.0. The van der Waals surface area contributed by atoms with Gasteiger partial charge in [-0.3, -0.25) is 19.3 Å². The second-order valence-electron chi connectivity index (χ2n) is 12.5. The Morgan fingerprint density at radius 3 is 2.39 bits per heavy atom. The van der Waals surface area contributed by atoms with Gasteiger partial charge in [0.2, 0.25) is 6.29 Å². The highest BCUT2D eigenvalue weighted by Gasteiger charge is 2.48. The van der Waals surface area contributed by atoms with Crippen LogP contribution in [0.1, 0.15) is 39.3 Å². The second-order valence-corrected chi connectivity index (χ2v) is 15.2. The van der Waals surface area contributed by atoms with E-state index in [0.29, 0.717) is 18.4 Å². The molecule has 0 aliphatic carbocycles. The number of carboxylic acids is 1. The SMILES string of the molecule is C#CP(=O)(Nc1cc(COC(=O)N2CCC(NC(=O)c3[nH]ncc3NC(=O)c3c(Cl)cccc3Cl)CC2)ccc1O[C@@H]1OC(C(=O)O)[C@@H](O)[C@H](O)C1O)OCCO. The first-order valence-corrected chi connectivity index (χ1v) is 19.4. The number of rotatable bonds is 14. The molecule has 23 heteroatoms. The number of likely N-dealkylation sites (tertiary alicyclic amines) is 1. The zero-order chi connectivity index (χ0) is 41.4. The number of hydrogen-bond donors (Lipinski definition) is 9. The minimum absolute atomic E-state index is 0.0134. The third-order valence-electron chi connectivity index (χ3n) is 8.66. The van der Waals surface area contributed by atoms with Gasteiger partial charge >= 0.3 is 19.6 Å². The predicted octanol–water partition coefficient (Wildman–Crippen LogP) is 1.98. The molecule has 2 aliphatic rings. The molecule has 6 atom stereocenters. The lowest BCUT2D eigenvalue weighted by Gasteiger charge is -2.38. The number of terminal acetylenes is 1. The Hall–Kier alpha value is -4.94. The van der Waals surface area contributed by atoms with Gasteiger partial charge < -0.3 is 64.9 Å². The van der Waals surface area contributed by atoms with Crippen molar-refractivity contribution in [3.8, 4) is 17.8 Å². The summed E-state index contributed by atoms with van der Waals surface area (Å²) >= 11 is 12.3. The van der Waals surface area contributed by atoms with Crippen molar-refractivity contribution in [2.45, 2.75) is 56.2 Å². The number of hydrogen-bond acceptors (Lipinski definition) is 14. The van der Waals surface area contributed by atoms with E-state index in [1.165, 1.54) is 41.4 Å². The molecule has 9 N–H and O–H groups in total. The minimum atomic E-state index is -4.15. The van der Waals surface area contributed by atoms with Crippen LogP contribution in [-0.2, 0) is 30.0 Å². The summed E-state index contributed by atoms with van der Waals surface area (Å²) in [7, 11) is -4.15. The number of aliphatic hydroxyl groups excluding tert-OH is 4. The summed E-state index contributed by atoms with van der Waals surface area (Å²) in [5.41, 5.74) is 2.22. The van der Waals surface area contributed by atoms with E-state index in [1.54, 1.807) is 6.07 Å². The predicted molar refractivity (Wildman–Crippen MR) is 200 cm³/mol. The number of aliphatic carboxylic acids is 1. The van der Waals surface area contributed by atoms with Crippen LogP contribution in [0.3, 0.4) is 0 Å². The maximum atomic E-state index is 13.2. The van der Waals surface area contributed by atoms with Crippen LogP contribution in [0.25, 0.3) is 0 Å². The number of carbonyl (C=O) groups is 4. The number of carboxylic acid groups (broad SMARTS) is 1. The number of carbonyl (C=O) groups excluding carboxylic acids is 3. The van der Waals surface area contributed by atoms with Crippen molar-refractivity contribution in [1.82, 2.24) is 20.4 Å². The van der Waals surface area contributed by atoms with E-state index >= 15 is 0 Å². The molecule has 3 unspecified atom stereocenters. The van der Waals surface area contributed by atoms with Crippen LogP contribution in [0.2, 0.25) is 10.0 Å². The summed E-state index contributed by atoms with van der Waals surface area (Å²) < 4.78 is 34.6. The zero-order valence-corrected chi connectivity index (χ0v) is 31.9. The molecular formula is C34H37Cl2N6O14P. The van der Waals surface area contributed by atoms with E-state index in [4.69, 9.17) is 53.5 Å². The molecule has 2 fully saturated rings. The second kappa shape index (κ2) is 19.0. The van der Waals surface area contributed by atoms with Crippen LogP contribution in [-0.4, -0.2) is 128 Å². The van der Waals surface area contributed by atoms with Crippen molar-refractivity contribution in [2.24, 2.45) is 0 Å². The first kappa shape index (κ1) is 43.2. The summed E-state index contributed by atoms with van der Waals surface area (Å²) in [5.74, 6) is -3.07. The molecule has 3 aromatic rings. The molecule has 57 heavy (non-hydrogen) atoms. The number of nitrogens with zero attached hydrogens (tertiary/aromatic N) is 2. The number of aromatic nitrogens is 2. The lowest BCUT2D eigenvalue weighted by atomic mass is 9.99. The molecular weight excluding hydrogens is 818 g/mol. The Kier molecular flexibility index (Phi) is 14.4. The third-order valence-corrected chi connectivity index (χ3v) is 10.7. The number of aromatic amines is 1. The smallest absolute Gasteiger partial charge is 0.410 e. The van der Waals surface area contributed by atoms with E-state index in [0.717, 1.165) is 0 Å². The fourth-order valence-corrected chi connectivity index (χ4v) is 7.32. The molecule has 306 valence electrons. The van der Waals surface area contributed by atoms with Gasteiger partial charge in [0.15, 0.2) is 6.10 Å². The van der Waals surface area contributed by atoms with Gasteiger partial charge in [-0.15, -0.1) is 6.42 Å². The minimum Gasteiger partial charge on any atom is -0.479 e. The third kappa shape index (κ3) is 10.5. The molecule has 0 saturated carbocycles. The van der Waals surface area contributed by atoms with Crippen molar-refractivity contribution in [3.05, 3.63) is 69.5 Å². The number of anilines is 2. The normalized spacial score (nSPS) is 22.1. The van der Waals surface area contributed by atoms with Crippen LogP contribution in [0.5, 0.6) is 5.75 Å². The molecule has 2 saturated heterocycles. The Balaban J connectivity index is 1.19. The monoisotopic (exact) mass is 854 g/mol. The van der Waals surface area contributed by atoms with Crippen LogP contribution >= 0.6 is 30.7 Å². The van der Waals surface area contributed by atoms with Crippen molar-refractivity contribution in [3.63, 3.8) is 0 Å². The van der Waals surface area contributed by atoms with Crippen LogP contribution in [0.15, 0.2) is 42.6 Å². The molecule has 3 heterocycles. The van der Waals surface area contributed by atoms with E-state index in [9.17, 15) is 44.2 Å².